The molecule has 0 aliphatic heterocycles. The molecule has 0 N–H and O–H groups in total. The van der Waals surface area contributed by atoms with Crippen LogP contribution in [0, 0.1) is 0 Å². The number of benzene rings is 2. The highest BCUT2D eigenvalue weighted by molar-refractivity contribution is 9.11. The molecule has 0 spiro atoms. The van der Waals surface area contributed by atoms with E-state index >= 15 is 0 Å². The maximum Gasteiger partial charge on any atom is 0.147 e. The number of hydrogen-bond acceptors (Lipinski definition) is 2. The van der Waals surface area contributed by atoms with Crippen LogP contribution in [0.2, 0.25) is 0 Å². The van der Waals surface area contributed by atoms with Crippen molar-refractivity contribution in [2.75, 3.05) is 13.2 Å². The van der Waals surface area contributed by atoms with Crippen molar-refractivity contribution in [1.29, 1.82) is 0 Å². The fourth-order valence-electron chi connectivity index (χ4n) is 1.77. The molecule has 2 nitrogen and oxygen atoms in total. The lowest BCUT2D eigenvalue weighted by Gasteiger charge is -2.12. The van der Waals surface area contributed by atoms with Gasteiger partial charge in [0.2, 0.25) is 0 Å². The normalized spacial score (nSPS) is 10.4. The van der Waals surface area contributed by atoms with E-state index in [0.29, 0.717) is 13.2 Å². The summed E-state index contributed by atoms with van der Waals surface area (Å²) in [6.07, 6.45) is 0.827. The highest BCUT2D eigenvalue weighted by Crippen LogP contribution is 2.35. The zero-order valence-corrected chi connectivity index (χ0v) is 16.1. The number of hydrogen-bond donors (Lipinski definition) is 0. The topological polar surface area (TPSA) is 18.5 Å². The first kappa shape index (κ1) is 16.8. The van der Waals surface area contributed by atoms with Crippen molar-refractivity contribution in [1.82, 2.24) is 0 Å². The summed E-state index contributed by atoms with van der Waals surface area (Å²) in [6.45, 7) is 1.25. The van der Waals surface area contributed by atoms with Gasteiger partial charge in [0.25, 0.3) is 0 Å². The van der Waals surface area contributed by atoms with Gasteiger partial charge < -0.3 is 9.47 Å². The summed E-state index contributed by atoms with van der Waals surface area (Å²) in [7, 11) is 0. The molecule has 0 amide bonds. The van der Waals surface area contributed by atoms with Gasteiger partial charge in [-0.05, 0) is 61.7 Å². The minimum atomic E-state index is 0.609. The molecule has 5 heteroatoms. The molecule has 2 aromatic carbocycles. The Labute approximate surface area is 150 Å². The Morgan fingerprint density at radius 3 is 2.10 bits per heavy atom. The molecule has 0 atom stereocenters. The van der Waals surface area contributed by atoms with Crippen molar-refractivity contribution in [3.8, 4) is 11.5 Å². The van der Waals surface area contributed by atoms with Crippen LogP contribution in [0.4, 0.5) is 0 Å². The fraction of sp³-hybridized carbons (Fsp3) is 0.250. The van der Waals surface area contributed by atoms with Gasteiger partial charge in [-0.1, -0.05) is 34.1 Å². The summed E-state index contributed by atoms with van der Waals surface area (Å²) in [4.78, 5) is 0. The van der Waals surface area contributed by atoms with Crippen molar-refractivity contribution in [2.45, 2.75) is 11.8 Å². The quantitative estimate of drug-likeness (QED) is 0.361. The highest BCUT2D eigenvalue weighted by Gasteiger charge is 2.08. The number of ether oxygens (including phenoxy) is 2. The summed E-state index contributed by atoms with van der Waals surface area (Å²) in [5.41, 5.74) is 1.19. The molecule has 0 heterocycles. The van der Waals surface area contributed by atoms with Crippen LogP contribution in [0.5, 0.6) is 11.5 Å². The smallest absolute Gasteiger partial charge is 0.147 e. The van der Waals surface area contributed by atoms with Crippen LogP contribution >= 0.6 is 47.8 Å². The zero-order valence-electron chi connectivity index (χ0n) is 11.3. The van der Waals surface area contributed by atoms with Crippen molar-refractivity contribution in [2.24, 2.45) is 0 Å². The first-order valence-electron chi connectivity index (χ1n) is 6.55. The van der Waals surface area contributed by atoms with Crippen LogP contribution in [0.15, 0.2) is 51.4 Å². The Hall–Kier alpha value is -0.520. The summed E-state index contributed by atoms with van der Waals surface area (Å²) >= 11 is 10.5. The maximum atomic E-state index is 5.82. The van der Waals surface area contributed by atoms with Gasteiger partial charge in [-0.2, -0.15) is 0 Å². The summed E-state index contributed by atoms with van der Waals surface area (Å²) in [5.74, 6) is 1.72. The Bertz CT molecular complexity index is 550. The van der Waals surface area contributed by atoms with E-state index in [1.54, 1.807) is 0 Å². The van der Waals surface area contributed by atoms with Gasteiger partial charge >= 0.3 is 0 Å². The second-order valence-corrected chi connectivity index (χ2v) is 6.66. The number of halogens is 3. The second-order valence-electron chi connectivity index (χ2n) is 4.39. The molecule has 0 saturated carbocycles. The molecule has 0 aromatic heterocycles. The largest absolute Gasteiger partial charge is 0.493 e. The highest BCUT2D eigenvalue weighted by atomic mass is 79.9. The van der Waals surface area contributed by atoms with Gasteiger partial charge in [0.05, 0.1) is 22.2 Å². The van der Waals surface area contributed by atoms with Crippen LogP contribution in [0.1, 0.15) is 12.0 Å². The van der Waals surface area contributed by atoms with E-state index in [9.17, 15) is 0 Å². The van der Waals surface area contributed by atoms with Crippen molar-refractivity contribution < 1.29 is 9.47 Å². The van der Waals surface area contributed by atoms with Gasteiger partial charge in [-0.15, -0.1) is 0 Å². The monoisotopic (exact) mass is 476 g/mol. The summed E-state index contributed by atoms with van der Waals surface area (Å²) in [5, 5.41) is 0.815. The number of alkyl halides is 1. The SMILES string of the molecule is BrCc1cc(Br)c(OCCCOc2ccccc2)c(Br)c1. The minimum Gasteiger partial charge on any atom is -0.493 e. The van der Waals surface area contributed by atoms with Crippen LogP contribution in [-0.2, 0) is 5.33 Å². The Balaban J connectivity index is 1.79. The Morgan fingerprint density at radius 2 is 1.48 bits per heavy atom. The first-order valence-corrected chi connectivity index (χ1v) is 9.26. The van der Waals surface area contributed by atoms with Crippen molar-refractivity contribution in [3.63, 3.8) is 0 Å². The average molecular weight is 479 g/mol. The fourth-order valence-corrected chi connectivity index (χ4v) is 3.60. The van der Waals surface area contributed by atoms with E-state index in [1.807, 2.05) is 30.3 Å². The van der Waals surface area contributed by atoms with E-state index in [-0.39, 0.29) is 0 Å². The lowest BCUT2D eigenvalue weighted by Crippen LogP contribution is -2.05. The zero-order chi connectivity index (χ0) is 15.1. The molecule has 112 valence electrons. The lowest BCUT2D eigenvalue weighted by atomic mass is 10.2. The second kappa shape index (κ2) is 8.81. The van der Waals surface area contributed by atoms with E-state index in [1.165, 1.54) is 5.56 Å². The van der Waals surface area contributed by atoms with Crippen LogP contribution in [0.3, 0.4) is 0 Å². The predicted octanol–water partition coefficient (Wildman–Crippen LogP) is 5.95. The Kier molecular flexibility index (Phi) is 7.07. The molecule has 0 radical (unpaired) electrons. The number of para-hydroxylation sites is 1. The van der Waals surface area contributed by atoms with Crippen molar-refractivity contribution in [3.05, 3.63) is 57.0 Å². The van der Waals surface area contributed by atoms with Crippen LogP contribution in [-0.4, -0.2) is 13.2 Å². The maximum absolute atomic E-state index is 5.82. The van der Waals surface area contributed by atoms with Gasteiger partial charge in [0, 0.05) is 11.8 Å². The molecule has 0 fully saturated rings. The molecule has 0 bridgehead atoms. The molecule has 2 aromatic rings. The number of rotatable bonds is 7. The molecule has 0 unspecified atom stereocenters. The van der Waals surface area contributed by atoms with E-state index < -0.39 is 0 Å². The summed E-state index contributed by atoms with van der Waals surface area (Å²) < 4.78 is 13.4. The third-order valence-electron chi connectivity index (χ3n) is 2.76. The molecule has 0 saturated heterocycles. The molecule has 2 rings (SSSR count). The van der Waals surface area contributed by atoms with Gasteiger partial charge in [0.1, 0.15) is 11.5 Å². The lowest BCUT2D eigenvalue weighted by molar-refractivity contribution is 0.246. The molecule has 0 aliphatic rings. The third kappa shape index (κ3) is 5.31. The van der Waals surface area contributed by atoms with Crippen molar-refractivity contribution >= 4 is 47.8 Å². The molecule has 21 heavy (non-hydrogen) atoms. The molecular formula is C16H15Br3O2. The third-order valence-corrected chi connectivity index (χ3v) is 4.58. The van der Waals surface area contributed by atoms with Crippen LogP contribution < -0.4 is 9.47 Å². The van der Waals surface area contributed by atoms with Gasteiger partial charge in [0.15, 0.2) is 0 Å². The molecular weight excluding hydrogens is 464 g/mol. The Morgan fingerprint density at radius 1 is 0.857 bits per heavy atom. The van der Waals surface area contributed by atoms with E-state index in [2.05, 4.69) is 59.9 Å². The van der Waals surface area contributed by atoms with Gasteiger partial charge in [-0.3, -0.25) is 0 Å². The van der Waals surface area contributed by atoms with Gasteiger partial charge in [-0.25, -0.2) is 0 Å². The van der Waals surface area contributed by atoms with Crippen LogP contribution in [0.25, 0.3) is 0 Å². The predicted molar refractivity (Wildman–Crippen MR) is 96.5 cm³/mol. The standard InChI is InChI=1S/C16H15Br3O2/c17-11-12-9-14(18)16(15(19)10-12)21-8-4-7-20-13-5-2-1-3-6-13/h1-3,5-6,9-10H,4,7-8,11H2. The molecule has 0 aliphatic carbocycles. The average Bonchev–Trinajstić information content (AvgIpc) is 2.50. The first-order chi connectivity index (χ1) is 10.2. The van der Waals surface area contributed by atoms with E-state index in [4.69, 9.17) is 9.47 Å². The minimum absolute atomic E-state index is 0.609. The van der Waals surface area contributed by atoms with E-state index in [0.717, 1.165) is 32.2 Å². The summed E-state index contributed by atoms with van der Waals surface area (Å²) in [6, 6.07) is 13.9.